The minimum absolute atomic E-state index is 0.243. The third-order valence-corrected chi connectivity index (χ3v) is 3.64. The zero-order chi connectivity index (χ0) is 12.7. The normalized spacial score (nSPS) is 19.6. The predicted molar refractivity (Wildman–Crippen MR) is 68.7 cm³/mol. The van der Waals surface area contributed by atoms with Crippen molar-refractivity contribution in [3.63, 3.8) is 0 Å². The molecular formula is C13H15N3O2. The first kappa shape index (κ1) is 11.1. The maximum Gasteiger partial charge on any atom is 0.308 e. The molecule has 1 aliphatic rings. The SMILES string of the molecule is Cn1ncc2ccc(N3CC[C@@H](C(=O)O)C3)cc21. The van der Waals surface area contributed by atoms with Gasteiger partial charge in [0.05, 0.1) is 17.6 Å². The molecule has 0 bridgehead atoms. The quantitative estimate of drug-likeness (QED) is 0.870. The number of nitrogens with zero attached hydrogens (tertiary/aromatic N) is 3. The van der Waals surface area contributed by atoms with Crippen molar-refractivity contribution in [2.75, 3.05) is 18.0 Å². The van der Waals surface area contributed by atoms with E-state index in [1.165, 1.54) is 0 Å². The molecule has 5 heteroatoms. The van der Waals surface area contributed by atoms with E-state index in [2.05, 4.69) is 16.1 Å². The number of aryl methyl sites for hydroxylation is 1. The Kier molecular flexibility index (Phi) is 2.47. The number of benzene rings is 1. The van der Waals surface area contributed by atoms with E-state index in [9.17, 15) is 4.79 Å². The number of anilines is 1. The lowest BCUT2D eigenvalue weighted by Gasteiger charge is -2.18. The van der Waals surface area contributed by atoms with Crippen LogP contribution in [0, 0.1) is 5.92 Å². The van der Waals surface area contributed by atoms with E-state index < -0.39 is 5.97 Å². The molecule has 1 N–H and O–H groups in total. The number of carbonyl (C=O) groups is 1. The zero-order valence-electron chi connectivity index (χ0n) is 10.2. The van der Waals surface area contributed by atoms with E-state index in [0.29, 0.717) is 6.54 Å². The van der Waals surface area contributed by atoms with Crippen molar-refractivity contribution >= 4 is 22.6 Å². The summed E-state index contributed by atoms with van der Waals surface area (Å²) in [6.45, 7) is 1.40. The van der Waals surface area contributed by atoms with E-state index in [0.717, 1.165) is 29.6 Å². The molecule has 2 aromatic rings. The van der Waals surface area contributed by atoms with Crippen molar-refractivity contribution in [3.05, 3.63) is 24.4 Å². The molecule has 2 heterocycles. The van der Waals surface area contributed by atoms with E-state index in [4.69, 9.17) is 5.11 Å². The number of hydrogen-bond acceptors (Lipinski definition) is 3. The minimum atomic E-state index is -0.695. The van der Waals surface area contributed by atoms with Crippen LogP contribution in [0.4, 0.5) is 5.69 Å². The summed E-state index contributed by atoms with van der Waals surface area (Å²) in [6.07, 6.45) is 2.56. The molecule has 1 saturated heterocycles. The molecule has 1 aromatic heterocycles. The smallest absolute Gasteiger partial charge is 0.308 e. The Morgan fingerprint density at radius 1 is 1.50 bits per heavy atom. The van der Waals surface area contributed by atoms with Crippen LogP contribution >= 0.6 is 0 Å². The molecule has 3 rings (SSSR count). The second kappa shape index (κ2) is 4.01. The maximum absolute atomic E-state index is 11.0. The van der Waals surface area contributed by atoms with Crippen LogP contribution in [0.3, 0.4) is 0 Å². The van der Waals surface area contributed by atoms with Gasteiger partial charge in [0.15, 0.2) is 0 Å². The predicted octanol–water partition coefficient (Wildman–Crippen LogP) is 1.48. The molecular weight excluding hydrogens is 230 g/mol. The first-order chi connectivity index (χ1) is 8.65. The van der Waals surface area contributed by atoms with Gasteiger partial charge in [-0.05, 0) is 24.6 Å². The Morgan fingerprint density at radius 3 is 3.06 bits per heavy atom. The molecule has 94 valence electrons. The van der Waals surface area contributed by atoms with Crippen molar-refractivity contribution < 1.29 is 9.90 Å². The van der Waals surface area contributed by atoms with Gasteiger partial charge in [0.1, 0.15) is 0 Å². The van der Waals surface area contributed by atoms with Crippen molar-refractivity contribution in [3.8, 4) is 0 Å². The minimum Gasteiger partial charge on any atom is -0.481 e. The number of aliphatic carboxylic acids is 1. The van der Waals surface area contributed by atoms with Gasteiger partial charge < -0.3 is 10.0 Å². The molecule has 0 saturated carbocycles. The second-order valence-corrected chi connectivity index (χ2v) is 4.78. The monoisotopic (exact) mass is 245 g/mol. The van der Waals surface area contributed by atoms with Gasteiger partial charge in [0.2, 0.25) is 0 Å². The van der Waals surface area contributed by atoms with Gasteiger partial charge in [-0.2, -0.15) is 5.10 Å². The fourth-order valence-electron chi connectivity index (χ4n) is 2.53. The lowest BCUT2D eigenvalue weighted by atomic mass is 10.1. The second-order valence-electron chi connectivity index (χ2n) is 4.78. The zero-order valence-corrected chi connectivity index (χ0v) is 10.2. The van der Waals surface area contributed by atoms with E-state index >= 15 is 0 Å². The molecule has 18 heavy (non-hydrogen) atoms. The Labute approximate surface area is 105 Å². The highest BCUT2D eigenvalue weighted by molar-refractivity contribution is 5.83. The van der Waals surface area contributed by atoms with Crippen LogP contribution in [-0.4, -0.2) is 33.9 Å². The number of carboxylic acid groups (broad SMARTS) is 1. The number of fused-ring (bicyclic) bond motifs is 1. The Morgan fingerprint density at radius 2 is 2.33 bits per heavy atom. The van der Waals surface area contributed by atoms with Crippen LogP contribution in [0.15, 0.2) is 24.4 Å². The summed E-state index contributed by atoms with van der Waals surface area (Å²) >= 11 is 0. The fraction of sp³-hybridized carbons (Fsp3) is 0.385. The number of hydrogen-bond donors (Lipinski definition) is 1. The summed E-state index contributed by atoms with van der Waals surface area (Å²) in [5, 5.41) is 14.3. The van der Waals surface area contributed by atoms with E-state index in [1.54, 1.807) is 0 Å². The Hall–Kier alpha value is -2.04. The van der Waals surface area contributed by atoms with Crippen LogP contribution in [0.1, 0.15) is 6.42 Å². The summed E-state index contributed by atoms with van der Waals surface area (Å²) in [6, 6.07) is 6.15. The van der Waals surface area contributed by atoms with Crippen LogP contribution in [0.2, 0.25) is 0 Å². The summed E-state index contributed by atoms with van der Waals surface area (Å²) in [7, 11) is 1.91. The van der Waals surface area contributed by atoms with Crippen molar-refractivity contribution in [2.24, 2.45) is 13.0 Å². The average Bonchev–Trinajstić information content (AvgIpc) is 2.96. The molecule has 1 fully saturated rings. The number of carboxylic acids is 1. The van der Waals surface area contributed by atoms with Crippen LogP contribution in [0.25, 0.3) is 10.9 Å². The molecule has 0 aliphatic carbocycles. The van der Waals surface area contributed by atoms with Crippen LogP contribution < -0.4 is 4.90 Å². The molecule has 0 spiro atoms. The van der Waals surface area contributed by atoms with Gasteiger partial charge in [-0.25, -0.2) is 0 Å². The lowest BCUT2D eigenvalue weighted by molar-refractivity contribution is -0.140. The van der Waals surface area contributed by atoms with E-state index in [-0.39, 0.29) is 5.92 Å². The summed E-state index contributed by atoms with van der Waals surface area (Å²) in [5.74, 6) is -0.939. The highest BCUT2D eigenvalue weighted by Crippen LogP contribution is 2.27. The van der Waals surface area contributed by atoms with Gasteiger partial charge in [-0.3, -0.25) is 9.48 Å². The maximum atomic E-state index is 11.0. The Bertz CT molecular complexity index is 605. The van der Waals surface area contributed by atoms with Gasteiger partial charge in [0, 0.05) is 31.2 Å². The third-order valence-electron chi connectivity index (χ3n) is 3.64. The van der Waals surface area contributed by atoms with Gasteiger partial charge in [-0.1, -0.05) is 0 Å². The average molecular weight is 245 g/mol. The molecule has 1 atom stereocenters. The summed E-state index contributed by atoms with van der Waals surface area (Å²) < 4.78 is 1.84. The van der Waals surface area contributed by atoms with Gasteiger partial charge in [-0.15, -0.1) is 0 Å². The molecule has 1 aromatic carbocycles. The molecule has 1 aliphatic heterocycles. The summed E-state index contributed by atoms with van der Waals surface area (Å²) in [5.41, 5.74) is 2.15. The van der Waals surface area contributed by atoms with Crippen molar-refractivity contribution in [1.82, 2.24) is 9.78 Å². The largest absolute Gasteiger partial charge is 0.481 e. The first-order valence-corrected chi connectivity index (χ1v) is 6.04. The summed E-state index contributed by atoms with van der Waals surface area (Å²) in [4.78, 5) is 13.1. The molecule has 0 radical (unpaired) electrons. The van der Waals surface area contributed by atoms with Crippen LogP contribution in [0.5, 0.6) is 0 Å². The fourth-order valence-corrected chi connectivity index (χ4v) is 2.53. The topological polar surface area (TPSA) is 58.4 Å². The molecule has 0 amide bonds. The molecule has 5 nitrogen and oxygen atoms in total. The highest BCUT2D eigenvalue weighted by atomic mass is 16.4. The third kappa shape index (κ3) is 1.72. The van der Waals surface area contributed by atoms with E-state index in [1.807, 2.05) is 30.1 Å². The molecule has 0 unspecified atom stereocenters. The van der Waals surface area contributed by atoms with Crippen LogP contribution in [-0.2, 0) is 11.8 Å². The van der Waals surface area contributed by atoms with Gasteiger partial charge in [0.25, 0.3) is 0 Å². The van der Waals surface area contributed by atoms with Gasteiger partial charge >= 0.3 is 5.97 Å². The lowest BCUT2D eigenvalue weighted by Crippen LogP contribution is -2.22. The number of aromatic nitrogens is 2. The standard InChI is InChI=1S/C13H15N3O2/c1-15-12-6-11(3-2-9(12)7-14-15)16-5-4-10(8-16)13(17)18/h2-3,6-7,10H,4-5,8H2,1H3,(H,17,18)/t10-/m1/s1. The number of rotatable bonds is 2. The van der Waals surface area contributed by atoms with Crippen molar-refractivity contribution in [1.29, 1.82) is 0 Å². The highest BCUT2D eigenvalue weighted by Gasteiger charge is 2.28. The first-order valence-electron chi connectivity index (χ1n) is 6.04. The van der Waals surface area contributed by atoms with Crippen molar-refractivity contribution in [2.45, 2.75) is 6.42 Å². The Balaban J connectivity index is 1.91.